The fourth-order valence-corrected chi connectivity index (χ4v) is 2.42. The van der Waals surface area contributed by atoms with Crippen LogP contribution in [-0.2, 0) is 4.74 Å². The number of nitrogens with two attached hydrogens (primary N) is 1. The van der Waals surface area contributed by atoms with Crippen molar-refractivity contribution in [2.45, 2.75) is 18.8 Å². The molecule has 5 heteroatoms. The van der Waals surface area contributed by atoms with E-state index in [1.807, 2.05) is 36.4 Å². The van der Waals surface area contributed by atoms with Crippen LogP contribution < -0.4 is 11.3 Å². The Kier molecular flexibility index (Phi) is 3.90. The van der Waals surface area contributed by atoms with Gasteiger partial charge in [0.25, 0.3) is 0 Å². The molecule has 1 atom stereocenters. The molecule has 0 bridgehead atoms. The summed E-state index contributed by atoms with van der Waals surface area (Å²) in [5.74, 6) is 7.22. The Morgan fingerprint density at radius 3 is 2.75 bits per heavy atom. The summed E-state index contributed by atoms with van der Waals surface area (Å²) in [6.45, 7) is 1.51. The zero-order valence-corrected chi connectivity index (χ0v) is 11.2. The molecule has 0 saturated carbocycles. The van der Waals surface area contributed by atoms with Crippen LogP contribution >= 0.6 is 0 Å². The van der Waals surface area contributed by atoms with Crippen LogP contribution in [0.15, 0.2) is 36.4 Å². The van der Waals surface area contributed by atoms with Crippen molar-refractivity contribution in [1.82, 2.24) is 9.97 Å². The van der Waals surface area contributed by atoms with Crippen LogP contribution in [0, 0.1) is 0 Å². The van der Waals surface area contributed by atoms with Crippen molar-refractivity contribution in [1.29, 1.82) is 0 Å². The summed E-state index contributed by atoms with van der Waals surface area (Å²) < 4.78 is 5.52. The second-order valence-electron chi connectivity index (χ2n) is 4.92. The van der Waals surface area contributed by atoms with Gasteiger partial charge in [0.05, 0.1) is 12.3 Å². The van der Waals surface area contributed by atoms with Gasteiger partial charge >= 0.3 is 0 Å². The molecule has 3 N–H and O–H groups in total. The average Bonchev–Trinajstić information content (AvgIpc) is 2.56. The molecule has 0 radical (unpaired) electrons. The monoisotopic (exact) mass is 270 g/mol. The predicted octanol–water partition coefficient (Wildman–Crippen LogP) is 2.32. The van der Waals surface area contributed by atoms with Crippen molar-refractivity contribution >= 4 is 5.82 Å². The van der Waals surface area contributed by atoms with E-state index in [-0.39, 0.29) is 5.92 Å². The third kappa shape index (κ3) is 2.79. The summed E-state index contributed by atoms with van der Waals surface area (Å²) in [6, 6.07) is 11.9. The van der Waals surface area contributed by atoms with E-state index in [4.69, 9.17) is 10.6 Å². The van der Waals surface area contributed by atoms with Crippen LogP contribution in [0.2, 0.25) is 0 Å². The average molecular weight is 270 g/mol. The number of anilines is 1. The molecular formula is C15H18N4O. The molecule has 1 aliphatic heterocycles. The lowest BCUT2D eigenvalue weighted by Crippen LogP contribution is -2.19. The minimum atomic E-state index is 0.250. The zero-order chi connectivity index (χ0) is 13.8. The number of nitrogens with zero attached hydrogens (tertiary/aromatic N) is 2. The van der Waals surface area contributed by atoms with Gasteiger partial charge in [-0.05, 0) is 12.8 Å². The summed E-state index contributed by atoms with van der Waals surface area (Å²) in [4.78, 5) is 9.16. The maximum absolute atomic E-state index is 5.52. The normalized spacial score (nSPS) is 18.8. The lowest BCUT2D eigenvalue weighted by Gasteiger charge is -2.21. The van der Waals surface area contributed by atoms with Crippen molar-refractivity contribution in [3.8, 4) is 11.3 Å². The van der Waals surface area contributed by atoms with Gasteiger partial charge in [0, 0.05) is 24.2 Å². The number of nitrogens with one attached hydrogen (secondary N) is 1. The Hall–Kier alpha value is -1.98. The highest BCUT2D eigenvalue weighted by molar-refractivity contribution is 5.62. The topological polar surface area (TPSA) is 73.1 Å². The first kappa shape index (κ1) is 13.0. The van der Waals surface area contributed by atoms with Crippen LogP contribution in [0.5, 0.6) is 0 Å². The molecule has 1 aromatic carbocycles. The number of benzene rings is 1. The Morgan fingerprint density at radius 2 is 2.05 bits per heavy atom. The highest BCUT2D eigenvalue weighted by atomic mass is 16.5. The van der Waals surface area contributed by atoms with E-state index in [2.05, 4.69) is 15.4 Å². The Morgan fingerprint density at radius 1 is 1.20 bits per heavy atom. The summed E-state index contributed by atoms with van der Waals surface area (Å²) in [6.07, 6.45) is 2.11. The van der Waals surface area contributed by atoms with Gasteiger partial charge in [-0.15, -0.1) is 0 Å². The van der Waals surface area contributed by atoms with E-state index >= 15 is 0 Å². The third-order valence-electron chi connectivity index (χ3n) is 3.49. The molecule has 0 spiro atoms. The maximum Gasteiger partial charge on any atom is 0.144 e. The van der Waals surface area contributed by atoms with Gasteiger partial charge < -0.3 is 10.2 Å². The molecule has 1 aromatic heterocycles. The number of rotatable bonds is 3. The highest BCUT2D eigenvalue weighted by Gasteiger charge is 2.20. The molecule has 0 aliphatic carbocycles. The molecule has 20 heavy (non-hydrogen) atoms. The predicted molar refractivity (Wildman–Crippen MR) is 78.1 cm³/mol. The number of aromatic nitrogens is 2. The lowest BCUT2D eigenvalue weighted by atomic mass is 10.0. The van der Waals surface area contributed by atoms with Gasteiger partial charge in [-0.1, -0.05) is 30.3 Å². The van der Waals surface area contributed by atoms with Crippen LogP contribution in [0.25, 0.3) is 11.3 Å². The van der Waals surface area contributed by atoms with Gasteiger partial charge in [0.15, 0.2) is 0 Å². The number of hydrogen-bond acceptors (Lipinski definition) is 5. The number of hydrogen-bond donors (Lipinski definition) is 2. The van der Waals surface area contributed by atoms with E-state index in [1.165, 1.54) is 0 Å². The van der Waals surface area contributed by atoms with Gasteiger partial charge in [0.1, 0.15) is 11.6 Å². The first-order chi connectivity index (χ1) is 9.86. The first-order valence-electron chi connectivity index (χ1n) is 6.85. The molecule has 2 aromatic rings. The molecule has 1 saturated heterocycles. The van der Waals surface area contributed by atoms with Crippen molar-refractivity contribution < 1.29 is 4.74 Å². The number of hydrazine groups is 1. The van der Waals surface area contributed by atoms with Crippen LogP contribution in [0.4, 0.5) is 5.82 Å². The molecule has 0 amide bonds. The van der Waals surface area contributed by atoms with Crippen molar-refractivity contribution in [2.75, 3.05) is 18.6 Å². The smallest absolute Gasteiger partial charge is 0.144 e. The van der Waals surface area contributed by atoms with Crippen molar-refractivity contribution in [3.63, 3.8) is 0 Å². The third-order valence-corrected chi connectivity index (χ3v) is 3.49. The quantitative estimate of drug-likeness (QED) is 0.661. The minimum absolute atomic E-state index is 0.250. The van der Waals surface area contributed by atoms with Crippen molar-refractivity contribution in [3.05, 3.63) is 42.2 Å². The Balaban J connectivity index is 1.98. The van der Waals surface area contributed by atoms with E-state index in [0.29, 0.717) is 12.4 Å². The van der Waals surface area contributed by atoms with Crippen LogP contribution in [-0.4, -0.2) is 23.2 Å². The SMILES string of the molecule is NNc1cc(-c2ccccc2)nc(C2CCCOC2)n1. The maximum atomic E-state index is 5.52. The highest BCUT2D eigenvalue weighted by Crippen LogP contribution is 2.26. The molecule has 1 aliphatic rings. The number of nitrogen functional groups attached to an aromatic ring is 1. The molecule has 5 nitrogen and oxygen atoms in total. The van der Waals surface area contributed by atoms with E-state index < -0.39 is 0 Å². The second kappa shape index (κ2) is 5.98. The lowest BCUT2D eigenvalue weighted by molar-refractivity contribution is 0.0781. The summed E-state index contributed by atoms with van der Waals surface area (Å²) in [7, 11) is 0. The van der Waals surface area contributed by atoms with Crippen LogP contribution in [0.1, 0.15) is 24.6 Å². The minimum Gasteiger partial charge on any atom is -0.381 e. The van der Waals surface area contributed by atoms with Gasteiger partial charge in [-0.2, -0.15) is 0 Å². The van der Waals surface area contributed by atoms with Crippen molar-refractivity contribution in [2.24, 2.45) is 5.84 Å². The second-order valence-corrected chi connectivity index (χ2v) is 4.92. The molecule has 2 heterocycles. The first-order valence-corrected chi connectivity index (χ1v) is 6.85. The van der Waals surface area contributed by atoms with Gasteiger partial charge in [0.2, 0.25) is 0 Å². The van der Waals surface area contributed by atoms with E-state index in [1.54, 1.807) is 0 Å². The standard InChI is InChI=1S/C15H18N4O/c16-19-14-9-13(11-5-2-1-3-6-11)17-15(18-14)12-7-4-8-20-10-12/h1-3,5-6,9,12H,4,7-8,10,16H2,(H,17,18,19). The van der Waals surface area contributed by atoms with E-state index in [9.17, 15) is 0 Å². The molecule has 104 valence electrons. The fourth-order valence-electron chi connectivity index (χ4n) is 2.42. The van der Waals surface area contributed by atoms with Gasteiger partial charge in [-0.25, -0.2) is 15.8 Å². The largest absolute Gasteiger partial charge is 0.381 e. The van der Waals surface area contributed by atoms with Gasteiger partial charge in [-0.3, -0.25) is 0 Å². The Labute approximate surface area is 118 Å². The van der Waals surface area contributed by atoms with E-state index in [0.717, 1.165) is 36.5 Å². The molecule has 1 unspecified atom stereocenters. The molecular weight excluding hydrogens is 252 g/mol. The summed E-state index contributed by atoms with van der Waals surface area (Å²) in [5, 5.41) is 0. The molecule has 3 rings (SSSR count). The fraction of sp³-hybridized carbons (Fsp3) is 0.333. The summed E-state index contributed by atoms with van der Waals surface area (Å²) in [5.41, 5.74) is 4.57. The Bertz CT molecular complexity index is 567. The molecule has 1 fully saturated rings. The number of ether oxygens (including phenoxy) is 1. The summed E-state index contributed by atoms with van der Waals surface area (Å²) >= 11 is 0. The van der Waals surface area contributed by atoms with Crippen LogP contribution in [0.3, 0.4) is 0 Å². The zero-order valence-electron chi connectivity index (χ0n) is 11.2.